The highest BCUT2D eigenvalue weighted by molar-refractivity contribution is 9.10. The quantitative estimate of drug-likeness (QED) is 0.654. The summed E-state index contributed by atoms with van der Waals surface area (Å²) >= 11 is 3.20. The molecule has 3 N–H and O–H groups in total. The van der Waals surface area contributed by atoms with Gasteiger partial charge in [-0.15, -0.1) is 0 Å². The third kappa shape index (κ3) is 3.65. The second-order valence-corrected chi connectivity index (χ2v) is 5.13. The van der Waals surface area contributed by atoms with E-state index in [0.717, 1.165) is 5.56 Å². The number of halogens is 1. The van der Waals surface area contributed by atoms with E-state index in [2.05, 4.69) is 21.2 Å². The average molecular weight is 350 g/mol. The number of nitrogens with zero attached hydrogens (tertiary/aromatic N) is 1. The Morgan fingerprint density at radius 3 is 2.43 bits per heavy atom. The van der Waals surface area contributed by atoms with E-state index in [1.165, 1.54) is 18.2 Å². The van der Waals surface area contributed by atoms with Gasteiger partial charge in [0.2, 0.25) is 0 Å². The SMILES string of the molecule is NCc1ccc(C(=O)Nc2ccc([N+](=O)[O-])cc2Br)cc1. The molecular weight excluding hydrogens is 338 g/mol. The van der Waals surface area contributed by atoms with Crippen molar-refractivity contribution in [1.29, 1.82) is 0 Å². The van der Waals surface area contributed by atoms with E-state index in [0.29, 0.717) is 22.3 Å². The molecule has 0 aliphatic rings. The minimum Gasteiger partial charge on any atom is -0.326 e. The van der Waals surface area contributed by atoms with Crippen molar-refractivity contribution in [2.45, 2.75) is 6.54 Å². The van der Waals surface area contributed by atoms with Crippen molar-refractivity contribution >= 4 is 33.2 Å². The summed E-state index contributed by atoms with van der Waals surface area (Å²) in [5.41, 5.74) is 7.33. The van der Waals surface area contributed by atoms with Crippen LogP contribution in [-0.2, 0) is 6.54 Å². The number of nitro benzene ring substituents is 1. The van der Waals surface area contributed by atoms with E-state index in [9.17, 15) is 14.9 Å². The molecule has 108 valence electrons. The second kappa shape index (κ2) is 6.47. The van der Waals surface area contributed by atoms with Crippen molar-refractivity contribution in [3.8, 4) is 0 Å². The Hall–Kier alpha value is -2.25. The van der Waals surface area contributed by atoms with Gasteiger partial charge in [0.1, 0.15) is 0 Å². The smallest absolute Gasteiger partial charge is 0.270 e. The van der Waals surface area contributed by atoms with Crippen molar-refractivity contribution in [3.05, 3.63) is 68.2 Å². The zero-order valence-corrected chi connectivity index (χ0v) is 12.5. The van der Waals surface area contributed by atoms with Gasteiger partial charge in [0.25, 0.3) is 11.6 Å². The summed E-state index contributed by atoms with van der Waals surface area (Å²) in [6.45, 7) is 0.412. The lowest BCUT2D eigenvalue weighted by molar-refractivity contribution is -0.384. The van der Waals surface area contributed by atoms with Crippen LogP contribution in [-0.4, -0.2) is 10.8 Å². The van der Waals surface area contributed by atoms with Crippen LogP contribution in [0.3, 0.4) is 0 Å². The van der Waals surface area contributed by atoms with Gasteiger partial charge in [-0.1, -0.05) is 12.1 Å². The fourth-order valence-electron chi connectivity index (χ4n) is 1.71. The van der Waals surface area contributed by atoms with E-state index in [-0.39, 0.29) is 11.6 Å². The number of hydrogen-bond donors (Lipinski definition) is 2. The summed E-state index contributed by atoms with van der Waals surface area (Å²) in [5, 5.41) is 13.3. The van der Waals surface area contributed by atoms with E-state index in [1.807, 2.05) is 0 Å². The van der Waals surface area contributed by atoms with E-state index in [4.69, 9.17) is 5.73 Å². The number of rotatable bonds is 4. The first-order chi connectivity index (χ1) is 10.0. The van der Waals surface area contributed by atoms with Gasteiger partial charge in [0, 0.05) is 28.7 Å². The molecule has 2 aromatic carbocycles. The number of nitro groups is 1. The lowest BCUT2D eigenvalue weighted by Gasteiger charge is -2.07. The summed E-state index contributed by atoms with van der Waals surface area (Å²) in [7, 11) is 0. The first kappa shape index (κ1) is 15.1. The predicted molar refractivity (Wildman–Crippen MR) is 83.1 cm³/mol. The first-order valence-corrected chi connectivity index (χ1v) is 6.85. The summed E-state index contributed by atoms with van der Waals surface area (Å²) in [6.07, 6.45) is 0. The topological polar surface area (TPSA) is 98.3 Å². The number of benzene rings is 2. The highest BCUT2D eigenvalue weighted by Gasteiger charge is 2.12. The lowest BCUT2D eigenvalue weighted by atomic mass is 10.1. The lowest BCUT2D eigenvalue weighted by Crippen LogP contribution is -2.12. The van der Waals surface area contributed by atoms with E-state index >= 15 is 0 Å². The Balaban J connectivity index is 2.17. The van der Waals surface area contributed by atoms with Crippen LogP contribution in [0.25, 0.3) is 0 Å². The molecule has 0 saturated carbocycles. The molecule has 0 spiro atoms. The van der Waals surface area contributed by atoms with Gasteiger partial charge in [-0.3, -0.25) is 14.9 Å². The van der Waals surface area contributed by atoms with Crippen LogP contribution in [0.2, 0.25) is 0 Å². The molecule has 0 aromatic heterocycles. The molecule has 2 rings (SSSR count). The third-order valence-electron chi connectivity index (χ3n) is 2.86. The number of amides is 1. The van der Waals surface area contributed by atoms with E-state index < -0.39 is 4.92 Å². The fraction of sp³-hybridized carbons (Fsp3) is 0.0714. The van der Waals surface area contributed by atoms with Crippen LogP contribution >= 0.6 is 15.9 Å². The second-order valence-electron chi connectivity index (χ2n) is 4.28. The van der Waals surface area contributed by atoms with Gasteiger partial charge >= 0.3 is 0 Å². The molecule has 21 heavy (non-hydrogen) atoms. The number of nitrogens with one attached hydrogen (secondary N) is 1. The molecule has 0 aliphatic carbocycles. The third-order valence-corrected chi connectivity index (χ3v) is 3.52. The first-order valence-electron chi connectivity index (χ1n) is 6.05. The van der Waals surface area contributed by atoms with Crippen molar-refractivity contribution in [1.82, 2.24) is 0 Å². The van der Waals surface area contributed by atoms with Gasteiger partial charge in [-0.2, -0.15) is 0 Å². The van der Waals surface area contributed by atoms with Crippen molar-refractivity contribution in [3.63, 3.8) is 0 Å². The standard InChI is InChI=1S/C14H12BrN3O3/c15-12-7-11(18(20)21)5-6-13(12)17-14(19)10-3-1-9(8-16)2-4-10/h1-7H,8,16H2,(H,17,19). The maximum atomic E-state index is 12.1. The Kier molecular flexibility index (Phi) is 4.66. The Morgan fingerprint density at radius 2 is 1.90 bits per heavy atom. The maximum absolute atomic E-state index is 12.1. The zero-order valence-electron chi connectivity index (χ0n) is 10.9. The summed E-state index contributed by atoms with van der Waals surface area (Å²) in [4.78, 5) is 22.2. The summed E-state index contributed by atoms with van der Waals surface area (Å²) < 4.78 is 0.448. The number of anilines is 1. The van der Waals surface area contributed by atoms with Gasteiger partial charge < -0.3 is 11.1 Å². The highest BCUT2D eigenvalue weighted by Crippen LogP contribution is 2.27. The predicted octanol–water partition coefficient (Wildman–Crippen LogP) is 3.07. The molecule has 0 saturated heterocycles. The van der Waals surface area contributed by atoms with Crippen molar-refractivity contribution in [2.24, 2.45) is 5.73 Å². The van der Waals surface area contributed by atoms with Gasteiger partial charge in [-0.25, -0.2) is 0 Å². The van der Waals surface area contributed by atoms with Crippen molar-refractivity contribution in [2.75, 3.05) is 5.32 Å². The Labute approximate surface area is 129 Å². The highest BCUT2D eigenvalue weighted by atomic mass is 79.9. The molecule has 0 radical (unpaired) electrons. The summed E-state index contributed by atoms with van der Waals surface area (Å²) in [6, 6.07) is 11.1. The Morgan fingerprint density at radius 1 is 1.24 bits per heavy atom. The molecule has 0 heterocycles. The number of carbonyl (C=O) groups excluding carboxylic acids is 1. The van der Waals surface area contributed by atoms with Crippen LogP contribution in [0.5, 0.6) is 0 Å². The van der Waals surface area contributed by atoms with Crippen LogP contribution < -0.4 is 11.1 Å². The average Bonchev–Trinajstić information content (AvgIpc) is 2.49. The molecule has 6 nitrogen and oxygen atoms in total. The van der Waals surface area contributed by atoms with Gasteiger partial charge in [0.05, 0.1) is 10.6 Å². The Bertz CT molecular complexity index is 686. The largest absolute Gasteiger partial charge is 0.326 e. The van der Waals surface area contributed by atoms with E-state index in [1.54, 1.807) is 24.3 Å². The monoisotopic (exact) mass is 349 g/mol. The minimum absolute atomic E-state index is 0.0489. The maximum Gasteiger partial charge on any atom is 0.270 e. The van der Waals surface area contributed by atoms with Crippen LogP contribution in [0.15, 0.2) is 46.9 Å². The van der Waals surface area contributed by atoms with Crippen molar-refractivity contribution < 1.29 is 9.72 Å². The number of nitrogens with two attached hydrogens (primary N) is 1. The zero-order chi connectivity index (χ0) is 15.4. The number of carbonyl (C=O) groups is 1. The fourth-order valence-corrected chi connectivity index (χ4v) is 2.17. The van der Waals surface area contributed by atoms with Gasteiger partial charge in [0.15, 0.2) is 0 Å². The minimum atomic E-state index is -0.498. The van der Waals surface area contributed by atoms with Gasteiger partial charge in [-0.05, 0) is 39.7 Å². The molecule has 0 atom stereocenters. The number of hydrogen-bond acceptors (Lipinski definition) is 4. The molecule has 0 fully saturated rings. The number of non-ortho nitro benzene ring substituents is 1. The van der Waals surface area contributed by atoms with Crippen LogP contribution in [0.1, 0.15) is 15.9 Å². The van der Waals surface area contributed by atoms with Crippen LogP contribution in [0, 0.1) is 10.1 Å². The normalized spacial score (nSPS) is 10.2. The molecule has 0 unspecified atom stereocenters. The molecular formula is C14H12BrN3O3. The molecule has 1 amide bonds. The summed E-state index contributed by atoms with van der Waals surface area (Å²) in [5.74, 6) is -0.298. The van der Waals surface area contributed by atoms with Crippen LogP contribution in [0.4, 0.5) is 11.4 Å². The molecule has 7 heteroatoms. The molecule has 0 aliphatic heterocycles. The molecule has 0 bridgehead atoms. The molecule has 2 aromatic rings.